The number of hydrogen-bond donors (Lipinski definition) is 1. The SMILES string of the molecule is CCOc1ccccc1-c1nc(CC(=O)NCCN2CCN(c3ccccc3)CC2)cs1. The zero-order valence-corrected chi connectivity index (χ0v) is 19.3. The van der Waals surface area contributed by atoms with Crippen molar-refractivity contribution in [2.45, 2.75) is 13.3 Å². The lowest BCUT2D eigenvalue weighted by molar-refractivity contribution is -0.120. The molecule has 1 aliphatic heterocycles. The number of piperazine rings is 1. The average Bonchev–Trinajstić information content (AvgIpc) is 3.29. The summed E-state index contributed by atoms with van der Waals surface area (Å²) in [5, 5.41) is 5.89. The smallest absolute Gasteiger partial charge is 0.226 e. The molecule has 1 amide bonds. The number of para-hydroxylation sites is 2. The minimum absolute atomic E-state index is 0.0165. The van der Waals surface area contributed by atoms with Crippen LogP contribution in [0.1, 0.15) is 12.6 Å². The van der Waals surface area contributed by atoms with Gasteiger partial charge in [0.05, 0.1) is 24.3 Å². The van der Waals surface area contributed by atoms with Crippen LogP contribution in [0.25, 0.3) is 10.6 Å². The van der Waals surface area contributed by atoms with Crippen LogP contribution in [0.2, 0.25) is 0 Å². The predicted molar refractivity (Wildman–Crippen MR) is 131 cm³/mol. The highest BCUT2D eigenvalue weighted by molar-refractivity contribution is 7.13. The zero-order valence-electron chi connectivity index (χ0n) is 18.5. The highest BCUT2D eigenvalue weighted by Gasteiger charge is 2.17. The third kappa shape index (κ3) is 5.87. The van der Waals surface area contributed by atoms with Crippen molar-refractivity contribution in [2.75, 3.05) is 50.8 Å². The third-order valence-corrected chi connectivity index (χ3v) is 6.48. The number of carbonyl (C=O) groups excluding carboxylic acids is 1. The van der Waals surface area contributed by atoms with Crippen LogP contribution in [0.5, 0.6) is 5.75 Å². The molecule has 7 heteroatoms. The number of nitrogens with one attached hydrogen (secondary N) is 1. The van der Waals surface area contributed by atoms with E-state index in [-0.39, 0.29) is 5.91 Å². The van der Waals surface area contributed by atoms with Crippen LogP contribution in [-0.4, -0.2) is 61.7 Å². The standard InChI is InChI=1S/C25H30N4O2S/c1-2-31-23-11-7-6-10-22(23)25-27-20(19-32-25)18-24(30)26-12-13-28-14-16-29(17-15-28)21-8-4-3-5-9-21/h3-11,19H,2,12-18H2,1H3,(H,26,30). The summed E-state index contributed by atoms with van der Waals surface area (Å²) in [7, 11) is 0. The van der Waals surface area contributed by atoms with E-state index < -0.39 is 0 Å². The summed E-state index contributed by atoms with van der Waals surface area (Å²) in [5.74, 6) is 0.843. The molecule has 2 heterocycles. The van der Waals surface area contributed by atoms with Gasteiger partial charge < -0.3 is 15.0 Å². The second-order valence-electron chi connectivity index (χ2n) is 7.76. The molecular weight excluding hydrogens is 420 g/mol. The molecule has 2 aromatic carbocycles. The fourth-order valence-electron chi connectivity index (χ4n) is 3.89. The van der Waals surface area contributed by atoms with Crippen molar-refractivity contribution in [1.82, 2.24) is 15.2 Å². The summed E-state index contributed by atoms with van der Waals surface area (Å²) < 4.78 is 5.70. The summed E-state index contributed by atoms with van der Waals surface area (Å²) in [6.45, 7) is 8.17. The number of anilines is 1. The van der Waals surface area contributed by atoms with Crippen LogP contribution < -0.4 is 15.0 Å². The maximum atomic E-state index is 12.4. The fourth-order valence-corrected chi connectivity index (χ4v) is 4.73. The second kappa shape index (κ2) is 11.1. The van der Waals surface area contributed by atoms with Crippen molar-refractivity contribution >= 4 is 22.9 Å². The first-order valence-corrected chi connectivity index (χ1v) is 12.1. The Morgan fingerprint density at radius 2 is 1.81 bits per heavy atom. The molecule has 0 unspecified atom stereocenters. The Morgan fingerprint density at radius 3 is 2.59 bits per heavy atom. The molecule has 3 aromatic rings. The number of nitrogens with zero attached hydrogens (tertiary/aromatic N) is 3. The van der Waals surface area contributed by atoms with Crippen molar-refractivity contribution in [3.8, 4) is 16.3 Å². The lowest BCUT2D eigenvalue weighted by Gasteiger charge is -2.36. The van der Waals surface area contributed by atoms with Crippen LogP contribution in [0.15, 0.2) is 60.0 Å². The van der Waals surface area contributed by atoms with E-state index in [1.165, 1.54) is 5.69 Å². The number of thiazole rings is 1. The Bertz CT molecular complexity index is 1000. The summed E-state index contributed by atoms with van der Waals surface area (Å²) in [5.41, 5.74) is 3.05. The van der Waals surface area contributed by atoms with Gasteiger partial charge in [0.15, 0.2) is 0 Å². The van der Waals surface area contributed by atoms with Crippen LogP contribution in [0.3, 0.4) is 0 Å². The topological polar surface area (TPSA) is 57.7 Å². The minimum atomic E-state index is 0.0165. The molecule has 0 atom stereocenters. The van der Waals surface area contributed by atoms with Gasteiger partial charge >= 0.3 is 0 Å². The van der Waals surface area contributed by atoms with E-state index in [0.29, 0.717) is 19.6 Å². The largest absolute Gasteiger partial charge is 0.493 e. The van der Waals surface area contributed by atoms with Crippen LogP contribution in [0, 0.1) is 0 Å². The molecule has 0 saturated carbocycles. The summed E-state index contributed by atoms with van der Waals surface area (Å²) in [6.07, 6.45) is 0.301. The normalized spacial score (nSPS) is 14.3. The Labute approximate surface area is 193 Å². The number of rotatable bonds is 9. The fraction of sp³-hybridized carbons (Fsp3) is 0.360. The van der Waals surface area contributed by atoms with Gasteiger partial charge in [0, 0.05) is 50.3 Å². The first kappa shape index (κ1) is 22.3. The summed E-state index contributed by atoms with van der Waals surface area (Å²) >= 11 is 1.55. The molecule has 4 rings (SSSR count). The maximum Gasteiger partial charge on any atom is 0.226 e. The summed E-state index contributed by atoms with van der Waals surface area (Å²) in [6, 6.07) is 18.4. The Kier molecular flexibility index (Phi) is 7.74. The molecule has 1 saturated heterocycles. The minimum Gasteiger partial charge on any atom is -0.493 e. The number of hydrogen-bond acceptors (Lipinski definition) is 6. The van der Waals surface area contributed by atoms with Crippen molar-refractivity contribution < 1.29 is 9.53 Å². The van der Waals surface area contributed by atoms with Gasteiger partial charge in [0.2, 0.25) is 5.91 Å². The van der Waals surface area contributed by atoms with Gasteiger partial charge in [-0.25, -0.2) is 4.98 Å². The molecule has 6 nitrogen and oxygen atoms in total. The van der Waals surface area contributed by atoms with Crippen molar-refractivity contribution in [3.05, 3.63) is 65.7 Å². The molecule has 0 spiro atoms. The molecule has 32 heavy (non-hydrogen) atoms. The van der Waals surface area contributed by atoms with E-state index in [2.05, 4.69) is 50.4 Å². The number of amides is 1. The van der Waals surface area contributed by atoms with E-state index in [1.807, 2.05) is 36.6 Å². The first-order valence-electron chi connectivity index (χ1n) is 11.2. The molecule has 1 fully saturated rings. The second-order valence-corrected chi connectivity index (χ2v) is 8.62. The van der Waals surface area contributed by atoms with Crippen molar-refractivity contribution in [2.24, 2.45) is 0 Å². The van der Waals surface area contributed by atoms with E-state index in [1.54, 1.807) is 11.3 Å². The Balaban J connectivity index is 1.20. The highest BCUT2D eigenvalue weighted by Crippen LogP contribution is 2.32. The van der Waals surface area contributed by atoms with Gasteiger partial charge in [-0.05, 0) is 31.2 Å². The monoisotopic (exact) mass is 450 g/mol. The zero-order chi connectivity index (χ0) is 22.2. The lowest BCUT2D eigenvalue weighted by Crippen LogP contribution is -2.48. The quantitative estimate of drug-likeness (QED) is 0.539. The average molecular weight is 451 g/mol. The van der Waals surface area contributed by atoms with Crippen LogP contribution >= 0.6 is 11.3 Å². The van der Waals surface area contributed by atoms with E-state index in [4.69, 9.17) is 4.74 Å². The maximum absolute atomic E-state index is 12.4. The van der Waals surface area contributed by atoms with E-state index in [0.717, 1.165) is 54.7 Å². The highest BCUT2D eigenvalue weighted by atomic mass is 32.1. The van der Waals surface area contributed by atoms with Crippen LogP contribution in [-0.2, 0) is 11.2 Å². The van der Waals surface area contributed by atoms with Gasteiger partial charge in [-0.1, -0.05) is 30.3 Å². The third-order valence-electron chi connectivity index (χ3n) is 5.55. The molecule has 0 radical (unpaired) electrons. The molecule has 0 bridgehead atoms. The van der Waals surface area contributed by atoms with Gasteiger partial charge in [-0.3, -0.25) is 9.69 Å². The van der Waals surface area contributed by atoms with E-state index >= 15 is 0 Å². The van der Waals surface area contributed by atoms with Crippen molar-refractivity contribution in [1.29, 1.82) is 0 Å². The Morgan fingerprint density at radius 1 is 1.06 bits per heavy atom. The van der Waals surface area contributed by atoms with Gasteiger partial charge in [0.25, 0.3) is 0 Å². The van der Waals surface area contributed by atoms with Gasteiger partial charge in [-0.15, -0.1) is 11.3 Å². The van der Waals surface area contributed by atoms with E-state index in [9.17, 15) is 4.79 Å². The Hall–Kier alpha value is -2.90. The summed E-state index contributed by atoms with van der Waals surface area (Å²) in [4.78, 5) is 21.9. The molecule has 0 aliphatic carbocycles. The predicted octanol–water partition coefficient (Wildman–Crippen LogP) is 3.69. The number of ether oxygens (including phenoxy) is 1. The van der Waals surface area contributed by atoms with Crippen LogP contribution in [0.4, 0.5) is 5.69 Å². The molecule has 1 aromatic heterocycles. The van der Waals surface area contributed by atoms with Gasteiger partial charge in [0.1, 0.15) is 10.8 Å². The number of carbonyl (C=O) groups is 1. The lowest BCUT2D eigenvalue weighted by atomic mass is 10.2. The molecular formula is C25H30N4O2S. The number of benzene rings is 2. The molecule has 1 N–H and O–H groups in total. The number of aromatic nitrogens is 1. The molecule has 1 aliphatic rings. The molecule has 168 valence electrons. The van der Waals surface area contributed by atoms with Gasteiger partial charge in [-0.2, -0.15) is 0 Å². The van der Waals surface area contributed by atoms with Crippen molar-refractivity contribution in [3.63, 3.8) is 0 Å². The first-order chi connectivity index (χ1) is 15.7.